The molecule has 0 unspecified atom stereocenters. The molecule has 0 radical (unpaired) electrons. The van der Waals surface area contributed by atoms with Crippen LogP contribution in [0.1, 0.15) is 24.0 Å². The van der Waals surface area contributed by atoms with Gasteiger partial charge in [-0.2, -0.15) is 0 Å². The molecule has 1 N–H and O–H groups in total. The fourth-order valence-electron chi connectivity index (χ4n) is 2.88. The summed E-state index contributed by atoms with van der Waals surface area (Å²) in [5.41, 5.74) is 2.22. The molecule has 128 valence electrons. The van der Waals surface area contributed by atoms with Crippen LogP contribution < -0.4 is 5.32 Å². The highest BCUT2D eigenvalue weighted by atomic mass is 16.2. The fourth-order valence-corrected chi connectivity index (χ4v) is 2.88. The molecule has 0 atom stereocenters. The second kappa shape index (κ2) is 7.62. The van der Waals surface area contributed by atoms with Crippen LogP contribution in [0.3, 0.4) is 0 Å². The van der Waals surface area contributed by atoms with Gasteiger partial charge in [0.05, 0.1) is 6.54 Å². The third kappa shape index (κ3) is 4.93. The van der Waals surface area contributed by atoms with Gasteiger partial charge in [0, 0.05) is 38.3 Å². The van der Waals surface area contributed by atoms with Crippen molar-refractivity contribution in [1.82, 2.24) is 15.1 Å². The topological polar surface area (TPSA) is 52.7 Å². The molecule has 0 bridgehead atoms. The van der Waals surface area contributed by atoms with E-state index in [2.05, 4.69) is 16.3 Å². The van der Waals surface area contributed by atoms with Gasteiger partial charge in [0.25, 0.3) is 0 Å². The fraction of sp³-hybridized carbons (Fsp3) is 0.474. The Labute approximate surface area is 143 Å². The van der Waals surface area contributed by atoms with Crippen molar-refractivity contribution < 1.29 is 9.59 Å². The molecule has 0 spiro atoms. The summed E-state index contributed by atoms with van der Waals surface area (Å²) in [7, 11) is 0. The van der Waals surface area contributed by atoms with Crippen LogP contribution in [0.2, 0.25) is 0 Å². The van der Waals surface area contributed by atoms with Gasteiger partial charge >= 0.3 is 0 Å². The molecule has 1 saturated heterocycles. The second-order valence-electron chi connectivity index (χ2n) is 6.69. The normalized spacial score (nSPS) is 18.8. The van der Waals surface area contributed by atoms with E-state index in [-0.39, 0.29) is 11.8 Å². The summed E-state index contributed by atoms with van der Waals surface area (Å²) in [4.78, 5) is 28.1. The van der Waals surface area contributed by atoms with Crippen LogP contribution in [0.15, 0.2) is 30.3 Å². The van der Waals surface area contributed by atoms with E-state index in [1.807, 2.05) is 36.1 Å². The summed E-state index contributed by atoms with van der Waals surface area (Å²) in [6.45, 7) is 5.33. The van der Waals surface area contributed by atoms with Gasteiger partial charge in [0.15, 0.2) is 0 Å². The van der Waals surface area contributed by atoms with E-state index in [1.165, 1.54) is 5.56 Å². The zero-order valence-corrected chi connectivity index (χ0v) is 14.2. The summed E-state index contributed by atoms with van der Waals surface area (Å²) in [5.74, 6) is 0.148. The van der Waals surface area contributed by atoms with Crippen molar-refractivity contribution in [3.8, 4) is 0 Å². The number of carbonyl (C=O) groups is 2. The SMILES string of the molecule is Cc1cccc(/C=C\C(=O)N2CCN(CC(=O)NC3CC3)CC2)c1. The van der Waals surface area contributed by atoms with Gasteiger partial charge in [-0.05, 0) is 31.4 Å². The number of rotatable bonds is 5. The highest BCUT2D eigenvalue weighted by Gasteiger charge is 2.25. The molecular weight excluding hydrogens is 302 g/mol. The standard InChI is InChI=1S/C19H25N3O2/c1-15-3-2-4-16(13-15)5-8-19(24)22-11-9-21(10-12-22)14-18(23)20-17-6-7-17/h2-5,8,13,17H,6-7,9-12,14H2,1H3,(H,20,23)/b8-5-. The van der Waals surface area contributed by atoms with Crippen LogP contribution in [0.5, 0.6) is 0 Å². The van der Waals surface area contributed by atoms with Crippen LogP contribution in [-0.4, -0.2) is 60.4 Å². The van der Waals surface area contributed by atoms with Gasteiger partial charge in [-0.1, -0.05) is 29.8 Å². The molecule has 1 aliphatic carbocycles. The number of amides is 2. The first-order valence-corrected chi connectivity index (χ1v) is 8.65. The first-order chi connectivity index (χ1) is 11.6. The van der Waals surface area contributed by atoms with Gasteiger partial charge in [0.2, 0.25) is 11.8 Å². The van der Waals surface area contributed by atoms with E-state index in [0.29, 0.717) is 25.7 Å². The molecule has 2 fully saturated rings. The monoisotopic (exact) mass is 327 g/mol. The lowest BCUT2D eigenvalue weighted by atomic mass is 10.1. The highest BCUT2D eigenvalue weighted by molar-refractivity contribution is 5.91. The Morgan fingerprint density at radius 1 is 1.21 bits per heavy atom. The Morgan fingerprint density at radius 2 is 1.96 bits per heavy atom. The number of piperazine rings is 1. The smallest absolute Gasteiger partial charge is 0.246 e. The maximum Gasteiger partial charge on any atom is 0.246 e. The Bertz CT molecular complexity index is 629. The summed E-state index contributed by atoms with van der Waals surface area (Å²) in [5, 5.41) is 3.01. The minimum atomic E-state index is 0.0404. The van der Waals surface area contributed by atoms with Gasteiger partial charge in [-0.25, -0.2) is 0 Å². The van der Waals surface area contributed by atoms with Crippen molar-refractivity contribution in [2.75, 3.05) is 32.7 Å². The number of benzene rings is 1. The van der Waals surface area contributed by atoms with Crippen molar-refractivity contribution in [1.29, 1.82) is 0 Å². The van der Waals surface area contributed by atoms with Crippen LogP contribution in [-0.2, 0) is 9.59 Å². The van der Waals surface area contributed by atoms with Crippen molar-refractivity contribution in [2.45, 2.75) is 25.8 Å². The molecular formula is C19H25N3O2. The average molecular weight is 327 g/mol. The second-order valence-corrected chi connectivity index (χ2v) is 6.69. The predicted octanol–water partition coefficient (Wildman–Crippen LogP) is 1.43. The molecule has 1 aliphatic heterocycles. The molecule has 5 heteroatoms. The number of carbonyl (C=O) groups excluding carboxylic acids is 2. The first-order valence-electron chi connectivity index (χ1n) is 8.65. The molecule has 1 saturated carbocycles. The molecule has 1 aromatic rings. The van der Waals surface area contributed by atoms with E-state index >= 15 is 0 Å². The maximum atomic E-state index is 12.3. The Balaban J connectivity index is 1.43. The molecule has 1 aromatic carbocycles. The Morgan fingerprint density at radius 3 is 2.62 bits per heavy atom. The Hall–Kier alpha value is -2.14. The van der Waals surface area contributed by atoms with E-state index in [0.717, 1.165) is 31.5 Å². The van der Waals surface area contributed by atoms with Crippen LogP contribution in [0.4, 0.5) is 0 Å². The van der Waals surface area contributed by atoms with Crippen molar-refractivity contribution >= 4 is 17.9 Å². The van der Waals surface area contributed by atoms with Gasteiger partial charge in [-0.3, -0.25) is 14.5 Å². The average Bonchev–Trinajstić information content (AvgIpc) is 3.37. The minimum absolute atomic E-state index is 0.0404. The highest BCUT2D eigenvalue weighted by Crippen LogP contribution is 2.18. The molecule has 3 rings (SSSR count). The number of nitrogens with one attached hydrogen (secondary N) is 1. The van der Waals surface area contributed by atoms with E-state index in [1.54, 1.807) is 6.08 Å². The summed E-state index contributed by atoms with van der Waals surface area (Å²) in [6, 6.07) is 8.49. The Kier molecular flexibility index (Phi) is 5.30. The molecule has 1 heterocycles. The molecule has 2 aliphatic rings. The number of aryl methyl sites for hydroxylation is 1. The molecule has 24 heavy (non-hydrogen) atoms. The summed E-state index contributed by atoms with van der Waals surface area (Å²) in [6.07, 6.45) is 5.73. The van der Waals surface area contributed by atoms with Crippen molar-refractivity contribution in [2.24, 2.45) is 0 Å². The molecule has 5 nitrogen and oxygen atoms in total. The third-order valence-corrected chi connectivity index (χ3v) is 4.45. The molecule has 0 aromatic heterocycles. The number of hydrogen-bond acceptors (Lipinski definition) is 3. The third-order valence-electron chi connectivity index (χ3n) is 4.45. The van der Waals surface area contributed by atoms with E-state index in [9.17, 15) is 9.59 Å². The molecule has 2 amide bonds. The van der Waals surface area contributed by atoms with Crippen LogP contribution in [0.25, 0.3) is 6.08 Å². The van der Waals surface area contributed by atoms with Crippen molar-refractivity contribution in [3.63, 3.8) is 0 Å². The van der Waals surface area contributed by atoms with Crippen molar-refractivity contribution in [3.05, 3.63) is 41.5 Å². The zero-order chi connectivity index (χ0) is 16.9. The first kappa shape index (κ1) is 16.7. The lowest BCUT2D eigenvalue weighted by molar-refractivity contribution is -0.128. The van der Waals surface area contributed by atoms with E-state index < -0.39 is 0 Å². The summed E-state index contributed by atoms with van der Waals surface area (Å²) < 4.78 is 0. The quantitative estimate of drug-likeness (QED) is 0.833. The summed E-state index contributed by atoms with van der Waals surface area (Å²) >= 11 is 0. The van der Waals surface area contributed by atoms with Gasteiger partial charge in [-0.15, -0.1) is 0 Å². The maximum absolute atomic E-state index is 12.3. The lowest BCUT2D eigenvalue weighted by Gasteiger charge is -2.33. The predicted molar refractivity (Wildman–Crippen MR) is 94.4 cm³/mol. The lowest BCUT2D eigenvalue weighted by Crippen LogP contribution is -2.51. The van der Waals surface area contributed by atoms with Crippen LogP contribution >= 0.6 is 0 Å². The number of nitrogens with zero attached hydrogens (tertiary/aromatic N) is 2. The number of hydrogen-bond donors (Lipinski definition) is 1. The van der Waals surface area contributed by atoms with Gasteiger partial charge in [0.1, 0.15) is 0 Å². The van der Waals surface area contributed by atoms with Crippen LogP contribution in [0, 0.1) is 6.92 Å². The minimum Gasteiger partial charge on any atom is -0.352 e. The van der Waals surface area contributed by atoms with Gasteiger partial charge < -0.3 is 10.2 Å². The zero-order valence-electron chi connectivity index (χ0n) is 14.2. The largest absolute Gasteiger partial charge is 0.352 e. The van der Waals surface area contributed by atoms with E-state index in [4.69, 9.17) is 0 Å².